The van der Waals surface area contributed by atoms with Gasteiger partial charge in [-0.05, 0) is 74.9 Å². The highest BCUT2D eigenvalue weighted by atomic mass is 32.2. The van der Waals surface area contributed by atoms with E-state index in [4.69, 9.17) is 0 Å². The lowest BCUT2D eigenvalue weighted by Gasteiger charge is -2.34. The van der Waals surface area contributed by atoms with Crippen LogP contribution in [0.5, 0.6) is 0 Å². The van der Waals surface area contributed by atoms with Gasteiger partial charge < -0.3 is 10.2 Å². The molecule has 0 aromatic heterocycles. The minimum atomic E-state index is -4.10. The number of anilines is 1. The number of nitrogens with zero attached hydrogens (tertiary/aromatic N) is 2. The van der Waals surface area contributed by atoms with E-state index in [1.54, 1.807) is 41.3 Å². The van der Waals surface area contributed by atoms with Gasteiger partial charge in [0.15, 0.2) is 0 Å². The molecule has 1 saturated carbocycles. The minimum absolute atomic E-state index is 0.109. The lowest BCUT2D eigenvalue weighted by Crippen LogP contribution is -2.53. The summed E-state index contributed by atoms with van der Waals surface area (Å²) in [6.07, 6.45) is 4.44. The molecule has 3 aromatic carbocycles. The molecule has 1 fully saturated rings. The number of rotatable bonds is 11. The van der Waals surface area contributed by atoms with Crippen molar-refractivity contribution in [2.45, 2.75) is 83.3 Å². The molecule has 1 atom stereocenters. The molecule has 0 bridgehead atoms. The third-order valence-corrected chi connectivity index (χ3v) is 9.79. The molecule has 0 saturated heterocycles. The van der Waals surface area contributed by atoms with Crippen molar-refractivity contribution in [3.8, 4) is 0 Å². The monoisotopic (exact) mass is 575 g/mol. The van der Waals surface area contributed by atoms with Crippen molar-refractivity contribution in [3.63, 3.8) is 0 Å². The Bertz CT molecular complexity index is 1450. The number of nitrogens with one attached hydrogen (secondary N) is 1. The lowest BCUT2D eigenvalue weighted by molar-refractivity contribution is -0.140. The first-order valence-electron chi connectivity index (χ1n) is 14.4. The second-order valence-electron chi connectivity index (χ2n) is 11.0. The van der Waals surface area contributed by atoms with E-state index in [1.807, 2.05) is 64.1 Å². The molecule has 1 aliphatic carbocycles. The summed E-state index contributed by atoms with van der Waals surface area (Å²) in [5.74, 6) is -0.623. The Hall–Kier alpha value is -3.65. The van der Waals surface area contributed by atoms with Gasteiger partial charge in [-0.15, -0.1) is 0 Å². The lowest BCUT2D eigenvalue weighted by atomic mass is 10.1. The molecule has 0 spiro atoms. The molecule has 3 aromatic rings. The summed E-state index contributed by atoms with van der Waals surface area (Å²) in [5.41, 5.74) is 3.94. The van der Waals surface area contributed by atoms with Crippen LogP contribution in [0.2, 0.25) is 0 Å². The third-order valence-electron chi connectivity index (χ3n) is 8.02. The van der Waals surface area contributed by atoms with Crippen LogP contribution >= 0.6 is 0 Å². The number of amides is 2. The summed E-state index contributed by atoms with van der Waals surface area (Å²) in [7, 11) is -4.10. The SMILES string of the molecule is CC[C@@H](C(=O)NC1CCCC1)N(Cc1ccccc1)C(=O)CN(c1cccc(C)c1C)S(=O)(=O)c1ccc(C)cc1. The maximum atomic E-state index is 14.2. The van der Waals surface area contributed by atoms with Crippen molar-refractivity contribution >= 4 is 27.5 Å². The van der Waals surface area contributed by atoms with Crippen LogP contribution in [0.1, 0.15) is 61.3 Å². The molecule has 8 heteroatoms. The van der Waals surface area contributed by atoms with Gasteiger partial charge in [0.1, 0.15) is 12.6 Å². The van der Waals surface area contributed by atoms with Crippen LogP contribution in [0.4, 0.5) is 5.69 Å². The van der Waals surface area contributed by atoms with Crippen molar-refractivity contribution in [2.75, 3.05) is 10.8 Å². The van der Waals surface area contributed by atoms with Gasteiger partial charge in [-0.3, -0.25) is 13.9 Å². The van der Waals surface area contributed by atoms with Crippen LogP contribution in [-0.4, -0.2) is 43.8 Å². The van der Waals surface area contributed by atoms with E-state index in [2.05, 4.69) is 5.32 Å². The van der Waals surface area contributed by atoms with Crippen molar-refractivity contribution in [3.05, 3.63) is 95.1 Å². The predicted octanol–water partition coefficient (Wildman–Crippen LogP) is 5.67. The molecule has 0 aliphatic heterocycles. The molecular weight excluding hydrogens is 534 g/mol. The second kappa shape index (κ2) is 13.3. The Kier molecular flexibility index (Phi) is 9.86. The second-order valence-corrected chi connectivity index (χ2v) is 12.8. The molecule has 4 rings (SSSR count). The Morgan fingerprint density at radius 2 is 1.56 bits per heavy atom. The van der Waals surface area contributed by atoms with Gasteiger partial charge in [0.2, 0.25) is 11.8 Å². The van der Waals surface area contributed by atoms with Gasteiger partial charge in [-0.25, -0.2) is 8.42 Å². The maximum Gasteiger partial charge on any atom is 0.264 e. The van der Waals surface area contributed by atoms with Crippen LogP contribution in [-0.2, 0) is 26.2 Å². The zero-order chi connectivity index (χ0) is 29.6. The standard InChI is InChI=1S/C33H41N3O4S/c1-5-30(33(38)34-28-15-9-10-16-28)35(22-27-13-7-6-8-14-27)32(37)23-36(31-17-11-12-25(3)26(31)4)41(39,40)29-20-18-24(2)19-21-29/h6-8,11-14,17-21,28,30H,5,9-10,15-16,22-23H2,1-4H3,(H,34,38)/t30-/m0/s1. The molecule has 2 amide bonds. The normalized spacial score (nSPS) is 14.4. The summed E-state index contributed by atoms with van der Waals surface area (Å²) in [5, 5.41) is 3.15. The molecule has 0 heterocycles. The molecule has 1 N–H and O–H groups in total. The zero-order valence-corrected chi connectivity index (χ0v) is 25.3. The Labute approximate surface area is 244 Å². The Morgan fingerprint density at radius 1 is 0.902 bits per heavy atom. The Balaban J connectivity index is 1.73. The largest absolute Gasteiger partial charge is 0.352 e. The first kappa shape index (κ1) is 30.3. The number of carbonyl (C=O) groups is 2. The third kappa shape index (κ3) is 7.17. The van der Waals surface area contributed by atoms with Gasteiger partial charge in [0.25, 0.3) is 10.0 Å². The van der Waals surface area contributed by atoms with Gasteiger partial charge in [-0.1, -0.05) is 79.9 Å². The molecule has 0 radical (unpaired) electrons. The van der Waals surface area contributed by atoms with E-state index < -0.39 is 28.5 Å². The van der Waals surface area contributed by atoms with Crippen LogP contribution in [0.3, 0.4) is 0 Å². The van der Waals surface area contributed by atoms with Gasteiger partial charge >= 0.3 is 0 Å². The quantitative estimate of drug-likeness (QED) is 0.319. The molecule has 218 valence electrons. The van der Waals surface area contributed by atoms with Gasteiger partial charge in [0.05, 0.1) is 10.6 Å². The summed E-state index contributed by atoms with van der Waals surface area (Å²) in [6.45, 7) is 7.32. The highest BCUT2D eigenvalue weighted by molar-refractivity contribution is 7.92. The summed E-state index contributed by atoms with van der Waals surface area (Å²) >= 11 is 0. The van der Waals surface area contributed by atoms with Crippen LogP contribution in [0.25, 0.3) is 0 Å². The average molecular weight is 576 g/mol. The van der Waals surface area contributed by atoms with Crippen LogP contribution < -0.4 is 9.62 Å². The Morgan fingerprint density at radius 3 is 2.20 bits per heavy atom. The fraction of sp³-hybridized carbons (Fsp3) is 0.394. The van der Waals surface area contributed by atoms with Crippen molar-refractivity contribution in [1.82, 2.24) is 10.2 Å². The number of hydrogen-bond acceptors (Lipinski definition) is 4. The van der Waals surface area contributed by atoms with E-state index >= 15 is 0 Å². The van der Waals surface area contributed by atoms with Crippen molar-refractivity contribution < 1.29 is 18.0 Å². The number of carbonyl (C=O) groups excluding carboxylic acids is 2. The number of benzene rings is 3. The zero-order valence-electron chi connectivity index (χ0n) is 24.5. The van der Waals surface area contributed by atoms with E-state index in [-0.39, 0.29) is 23.4 Å². The topological polar surface area (TPSA) is 86.8 Å². The molecule has 7 nitrogen and oxygen atoms in total. The fourth-order valence-electron chi connectivity index (χ4n) is 5.42. The average Bonchev–Trinajstić information content (AvgIpc) is 3.47. The first-order valence-corrected chi connectivity index (χ1v) is 15.8. The summed E-state index contributed by atoms with van der Waals surface area (Å²) in [6, 6.07) is 21.0. The number of sulfonamides is 1. The van der Waals surface area contributed by atoms with E-state index in [0.717, 1.165) is 47.9 Å². The summed E-state index contributed by atoms with van der Waals surface area (Å²) < 4.78 is 29.4. The van der Waals surface area contributed by atoms with E-state index in [0.29, 0.717) is 12.1 Å². The highest BCUT2D eigenvalue weighted by Gasteiger charge is 2.35. The van der Waals surface area contributed by atoms with Gasteiger partial charge in [-0.2, -0.15) is 0 Å². The number of hydrogen-bond donors (Lipinski definition) is 1. The minimum Gasteiger partial charge on any atom is -0.352 e. The van der Waals surface area contributed by atoms with Crippen LogP contribution in [0.15, 0.2) is 77.7 Å². The molecule has 41 heavy (non-hydrogen) atoms. The first-order chi connectivity index (χ1) is 19.6. The highest BCUT2D eigenvalue weighted by Crippen LogP contribution is 2.29. The maximum absolute atomic E-state index is 14.2. The van der Waals surface area contributed by atoms with E-state index in [1.165, 1.54) is 4.31 Å². The van der Waals surface area contributed by atoms with Crippen molar-refractivity contribution in [1.29, 1.82) is 0 Å². The number of aryl methyl sites for hydroxylation is 2. The van der Waals surface area contributed by atoms with Gasteiger partial charge in [0, 0.05) is 12.6 Å². The molecular formula is C33H41N3O4S. The predicted molar refractivity (Wildman–Crippen MR) is 163 cm³/mol. The molecule has 0 unspecified atom stereocenters. The smallest absolute Gasteiger partial charge is 0.264 e. The fourth-order valence-corrected chi connectivity index (χ4v) is 6.90. The molecule has 1 aliphatic rings. The van der Waals surface area contributed by atoms with Crippen molar-refractivity contribution in [2.24, 2.45) is 0 Å². The van der Waals surface area contributed by atoms with Crippen LogP contribution in [0, 0.1) is 20.8 Å². The summed E-state index contributed by atoms with van der Waals surface area (Å²) in [4.78, 5) is 29.4. The van der Waals surface area contributed by atoms with E-state index in [9.17, 15) is 18.0 Å².